The maximum absolute atomic E-state index is 7.04. The van der Waals surface area contributed by atoms with Crippen LogP contribution in [0.1, 0.15) is 0 Å². The average molecular weight is 762 g/mol. The lowest BCUT2D eigenvalue weighted by molar-refractivity contribution is 0.623. The second-order valence-electron chi connectivity index (χ2n) is 14.3. The molecule has 9 aromatic carbocycles. The Balaban J connectivity index is 1.19. The maximum atomic E-state index is 7.04. The molecule has 0 radical (unpaired) electrons. The fourth-order valence-corrected chi connectivity index (χ4v) is 9.40. The number of anilines is 6. The van der Waals surface area contributed by atoms with E-state index in [4.69, 9.17) is 9.40 Å². The van der Waals surface area contributed by atoms with Gasteiger partial charge >= 0.3 is 0 Å². The Morgan fingerprint density at radius 3 is 1.69 bits per heavy atom. The predicted molar refractivity (Wildman–Crippen MR) is 245 cm³/mol. The summed E-state index contributed by atoms with van der Waals surface area (Å²) in [5.41, 5.74) is 10.9. The number of nitrogens with zero attached hydrogens (tertiary/aromatic N) is 3. The average Bonchev–Trinajstić information content (AvgIpc) is 3.92. The number of hydrogen-bond acceptors (Lipinski definition) is 5. The van der Waals surface area contributed by atoms with Gasteiger partial charge in [-0.1, -0.05) is 140 Å². The van der Waals surface area contributed by atoms with E-state index >= 15 is 0 Å². The molecule has 0 saturated heterocycles. The van der Waals surface area contributed by atoms with Crippen LogP contribution in [0.2, 0.25) is 0 Å². The van der Waals surface area contributed by atoms with Crippen LogP contribution in [0.4, 0.5) is 34.1 Å². The van der Waals surface area contributed by atoms with Crippen LogP contribution >= 0.6 is 11.3 Å². The molecule has 0 atom stereocenters. The first kappa shape index (κ1) is 33.8. The molecule has 2 aromatic heterocycles. The van der Waals surface area contributed by atoms with Gasteiger partial charge < -0.3 is 14.2 Å². The molecule has 0 bridgehead atoms. The topological polar surface area (TPSA) is 32.5 Å². The Hall–Kier alpha value is -7.47. The quantitative estimate of drug-likeness (QED) is 0.154. The Morgan fingerprint density at radius 1 is 0.414 bits per heavy atom. The van der Waals surface area contributed by atoms with E-state index in [9.17, 15) is 0 Å². The second-order valence-corrected chi connectivity index (χ2v) is 15.4. The van der Waals surface area contributed by atoms with Crippen LogP contribution in [-0.2, 0) is 0 Å². The van der Waals surface area contributed by atoms with Gasteiger partial charge in [-0.15, -0.1) is 11.3 Å². The Morgan fingerprint density at radius 2 is 0.966 bits per heavy atom. The van der Waals surface area contributed by atoms with Crippen molar-refractivity contribution in [2.24, 2.45) is 0 Å². The molecule has 58 heavy (non-hydrogen) atoms. The van der Waals surface area contributed by atoms with Crippen molar-refractivity contribution in [2.45, 2.75) is 0 Å². The Labute approximate surface area is 340 Å². The summed E-state index contributed by atoms with van der Waals surface area (Å²) in [6.07, 6.45) is 0. The van der Waals surface area contributed by atoms with E-state index in [1.807, 2.05) is 29.5 Å². The number of aromatic nitrogens is 1. The van der Waals surface area contributed by atoms with E-state index in [0.717, 1.165) is 67.1 Å². The first-order valence-corrected chi connectivity index (χ1v) is 20.3. The summed E-state index contributed by atoms with van der Waals surface area (Å²) in [5.74, 6) is 0.574. The smallest absolute Gasteiger partial charge is 0.227 e. The van der Waals surface area contributed by atoms with Crippen molar-refractivity contribution < 1.29 is 4.42 Å². The normalized spacial score (nSPS) is 11.4. The number of oxazole rings is 1. The number of thiophene rings is 1. The van der Waals surface area contributed by atoms with Crippen LogP contribution in [0.15, 0.2) is 217 Å². The number of rotatable bonds is 8. The zero-order valence-electron chi connectivity index (χ0n) is 31.4. The van der Waals surface area contributed by atoms with E-state index in [0.29, 0.717) is 5.89 Å². The van der Waals surface area contributed by atoms with Gasteiger partial charge in [0.2, 0.25) is 5.89 Å². The molecule has 274 valence electrons. The zero-order chi connectivity index (χ0) is 38.4. The monoisotopic (exact) mass is 761 g/mol. The van der Waals surface area contributed by atoms with Crippen molar-refractivity contribution in [1.82, 2.24) is 4.98 Å². The molecular weight excluding hydrogens is 727 g/mol. The summed E-state index contributed by atoms with van der Waals surface area (Å²) in [6.45, 7) is 0. The number of fused-ring (bicyclic) bond motifs is 6. The van der Waals surface area contributed by atoms with Gasteiger partial charge in [0, 0.05) is 38.1 Å². The van der Waals surface area contributed by atoms with Gasteiger partial charge in [-0.2, -0.15) is 0 Å². The molecule has 0 saturated carbocycles. The molecule has 0 aliphatic rings. The largest absolute Gasteiger partial charge is 0.435 e. The van der Waals surface area contributed by atoms with Gasteiger partial charge in [0.1, 0.15) is 5.52 Å². The van der Waals surface area contributed by atoms with Gasteiger partial charge in [-0.3, -0.25) is 0 Å². The highest BCUT2D eigenvalue weighted by Gasteiger charge is 2.26. The third kappa shape index (κ3) is 5.80. The molecule has 5 heteroatoms. The highest BCUT2D eigenvalue weighted by atomic mass is 32.1. The van der Waals surface area contributed by atoms with E-state index in [2.05, 4.69) is 204 Å². The van der Waals surface area contributed by atoms with Crippen molar-refractivity contribution in [3.63, 3.8) is 0 Å². The fourth-order valence-electron chi connectivity index (χ4n) is 8.20. The molecule has 0 N–H and O–H groups in total. The van der Waals surface area contributed by atoms with Gasteiger partial charge in [-0.05, 0) is 89.3 Å². The van der Waals surface area contributed by atoms with Gasteiger partial charge in [0.05, 0.1) is 27.1 Å². The van der Waals surface area contributed by atoms with Crippen LogP contribution in [-0.4, -0.2) is 4.98 Å². The second kappa shape index (κ2) is 14.2. The third-order valence-electron chi connectivity index (χ3n) is 10.9. The third-order valence-corrected chi connectivity index (χ3v) is 12.1. The van der Waals surface area contributed by atoms with Crippen LogP contribution in [0.5, 0.6) is 0 Å². The van der Waals surface area contributed by atoms with Crippen molar-refractivity contribution in [2.75, 3.05) is 9.80 Å². The number of hydrogen-bond donors (Lipinski definition) is 0. The number of para-hydroxylation sites is 2. The molecular formula is C53H35N3OS. The lowest BCUT2D eigenvalue weighted by atomic mass is 10.0. The molecule has 0 spiro atoms. The molecule has 0 amide bonds. The molecule has 0 fully saturated rings. The van der Waals surface area contributed by atoms with E-state index in [-0.39, 0.29) is 0 Å². The van der Waals surface area contributed by atoms with Gasteiger partial charge in [0.25, 0.3) is 0 Å². The minimum atomic E-state index is 0.574. The molecule has 4 nitrogen and oxygen atoms in total. The summed E-state index contributed by atoms with van der Waals surface area (Å²) < 4.78 is 9.54. The zero-order valence-corrected chi connectivity index (χ0v) is 32.2. The minimum absolute atomic E-state index is 0.574. The van der Waals surface area contributed by atoms with E-state index in [1.54, 1.807) is 0 Å². The first-order valence-electron chi connectivity index (χ1n) is 19.5. The molecule has 0 aliphatic carbocycles. The van der Waals surface area contributed by atoms with Crippen LogP contribution in [0.25, 0.3) is 64.6 Å². The lowest BCUT2D eigenvalue weighted by Gasteiger charge is -2.29. The molecule has 0 aliphatic heterocycles. The van der Waals surface area contributed by atoms with Crippen molar-refractivity contribution >= 4 is 87.5 Å². The van der Waals surface area contributed by atoms with Crippen LogP contribution < -0.4 is 9.80 Å². The Bertz CT molecular complexity index is 3210. The first-order chi connectivity index (χ1) is 28.8. The van der Waals surface area contributed by atoms with Crippen molar-refractivity contribution in [3.8, 4) is 22.6 Å². The Kier molecular flexibility index (Phi) is 8.30. The highest BCUT2D eigenvalue weighted by Crippen LogP contribution is 2.50. The van der Waals surface area contributed by atoms with E-state index in [1.165, 1.54) is 25.7 Å². The van der Waals surface area contributed by atoms with Crippen LogP contribution in [0.3, 0.4) is 0 Å². The SMILES string of the molecule is c1ccc(-c2ccc(N(c3ccccc3)c3cc4cccc(N(c5ccccc5)c5cccc6c5sc5ccccc56)c4c4oc(-c5ccccc5)nc34)cc2)cc1. The molecule has 2 heterocycles. The summed E-state index contributed by atoms with van der Waals surface area (Å²) in [4.78, 5) is 10.1. The molecule has 0 unspecified atom stereocenters. The number of benzene rings is 9. The fraction of sp³-hybridized carbons (Fsp3) is 0. The summed E-state index contributed by atoms with van der Waals surface area (Å²) in [6, 6.07) is 74.8. The van der Waals surface area contributed by atoms with Gasteiger partial charge in [-0.25, -0.2) is 4.98 Å². The van der Waals surface area contributed by atoms with Crippen molar-refractivity contribution in [3.05, 3.63) is 212 Å². The molecule has 11 rings (SSSR count). The van der Waals surface area contributed by atoms with Crippen molar-refractivity contribution in [1.29, 1.82) is 0 Å². The predicted octanol–water partition coefficient (Wildman–Crippen LogP) is 15.6. The molecule has 11 aromatic rings. The van der Waals surface area contributed by atoms with Gasteiger partial charge in [0.15, 0.2) is 5.58 Å². The van der Waals surface area contributed by atoms with E-state index < -0.39 is 0 Å². The highest BCUT2D eigenvalue weighted by molar-refractivity contribution is 7.26. The summed E-state index contributed by atoms with van der Waals surface area (Å²) in [5, 5.41) is 4.55. The van der Waals surface area contributed by atoms with Crippen LogP contribution in [0, 0.1) is 0 Å². The maximum Gasteiger partial charge on any atom is 0.227 e. The standard InChI is InChI=1S/C53H35N3OS/c1-5-17-36(18-6-1)37-31-33-42(34-32-37)55(40-22-9-3-10-23-40)47-35-39-21-15-28-45(49(39)51-50(47)54-53(57-51)38-19-7-2-8-20-38)56(41-24-11-4-12-25-41)46-29-16-27-44-43-26-13-14-30-48(43)58-52(44)46/h1-35H. The summed E-state index contributed by atoms with van der Waals surface area (Å²) in [7, 11) is 0. The lowest BCUT2D eigenvalue weighted by Crippen LogP contribution is -2.12. The minimum Gasteiger partial charge on any atom is -0.435 e. The summed E-state index contributed by atoms with van der Waals surface area (Å²) >= 11 is 1.83.